The summed E-state index contributed by atoms with van der Waals surface area (Å²) in [5.74, 6) is 0.477. The molecular formula is C20H22FN3O3S2. The summed E-state index contributed by atoms with van der Waals surface area (Å²) >= 11 is 1.18. The minimum absolute atomic E-state index is 0.202. The molecule has 0 radical (unpaired) electrons. The second-order valence-corrected chi connectivity index (χ2v) is 9.73. The molecule has 1 atom stereocenters. The van der Waals surface area contributed by atoms with Crippen LogP contribution in [-0.4, -0.2) is 46.0 Å². The Morgan fingerprint density at radius 3 is 2.52 bits per heavy atom. The molecule has 3 aromatic rings. The SMILES string of the molecule is O=S(=O)(NC[C@@H](c1ccco1)N1CCN(c2ccccc2F)CC1)c1cccs1. The molecule has 0 bridgehead atoms. The molecule has 29 heavy (non-hydrogen) atoms. The smallest absolute Gasteiger partial charge is 0.250 e. The van der Waals surface area contributed by atoms with E-state index in [2.05, 4.69) is 9.62 Å². The molecule has 4 rings (SSSR count). The Morgan fingerprint density at radius 1 is 1.07 bits per heavy atom. The molecule has 1 N–H and O–H groups in total. The molecule has 0 amide bonds. The number of anilines is 1. The van der Waals surface area contributed by atoms with Crippen LogP contribution >= 0.6 is 11.3 Å². The van der Waals surface area contributed by atoms with Crippen LogP contribution in [0.1, 0.15) is 11.8 Å². The van der Waals surface area contributed by atoms with Gasteiger partial charge in [0, 0.05) is 32.7 Å². The van der Waals surface area contributed by atoms with Gasteiger partial charge in [-0.2, -0.15) is 0 Å². The fourth-order valence-corrected chi connectivity index (χ4v) is 5.63. The van der Waals surface area contributed by atoms with Crippen molar-refractivity contribution in [2.45, 2.75) is 10.3 Å². The first kappa shape index (κ1) is 20.1. The lowest BCUT2D eigenvalue weighted by Gasteiger charge is -2.39. The summed E-state index contributed by atoms with van der Waals surface area (Å²) in [5, 5.41) is 1.74. The number of hydrogen-bond acceptors (Lipinski definition) is 6. The first-order chi connectivity index (χ1) is 14.0. The van der Waals surface area contributed by atoms with Crippen LogP contribution in [-0.2, 0) is 10.0 Å². The van der Waals surface area contributed by atoms with Gasteiger partial charge in [0.05, 0.1) is 18.0 Å². The highest BCUT2D eigenvalue weighted by Crippen LogP contribution is 2.26. The molecule has 0 saturated carbocycles. The molecule has 1 aromatic carbocycles. The predicted octanol–water partition coefficient (Wildman–Crippen LogP) is 3.32. The lowest BCUT2D eigenvalue weighted by molar-refractivity contribution is 0.166. The molecule has 6 nitrogen and oxygen atoms in total. The van der Waals surface area contributed by atoms with E-state index < -0.39 is 10.0 Å². The Bertz CT molecular complexity index is 1020. The van der Waals surface area contributed by atoms with E-state index >= 15 is 0 Å². The van der Waals surface area contributed by atoms with E-state index in [9.17, 15) is 12.8 Å². The molecule has 1 aliphatic rings. The monoisotopic (exact) mass is 435 g/mol. The minimum atomic E-state index is -3.56. The fourth-order valence-electron chi connectivity index (χ4n) is 3.55. The van der Waals surface area contributed by atoms with Gasteiger partial charge in [0.1, 0.15) is 15.8 Å². The number of para-hydroxylation sites is 1. The second-order valence-electron chi connectivity index (χ2n) is 6.79. The van der Waals surface area contributed by atoms with Crippen LogP contribution in [0.25, 0.3) is 0 Å². The van der Waals surface area contributed by atoms with Gasteiger partial charge in [0.25, 0.3) is 0 Å². The van der Waals surface area contributed by atoms with Crippen molar-refractivity contribution in [3.63, 3.8) is 0 Å². The van der Waals surface area contributed by atoms with Crippen LogP contribution in [0.3, 0.4) is 0 Å². The van der Waals surface area contributed by atoms with Crippen LogP contribution < -0.4 is 9.62 Å². The normalized spacial score (nSPS) is 16.8. The maximum atomic E-state index is 14.1. The average molecular weight is 436 g/mol. The Kier molecular flexibility index (Phi) is 6.00. The summed E-state index contributed by atoms with van der Waals surface area (Å²) in [5.41, 5.74) is 0.597. The van der Waals surface area contributed by atoms with Gasteiger partial charge in [0.15, 0.2) is 0 Å². The number of sulfonamides is 1. The number of halogens is 1. The topological polar surface area (TPSA) is 65.8 Å². The fraction of sp³-hybridized carbons (Fsp3) is 0.300. The first-order valence-corrected chi connectivity index (χ1v) is 11.7. The van der Waals surface area contributed by atoms with Crippen LogP contribution in [0.5, 0.6) is 0 Å². The highest BCUT2D eigenvalue weighted by Gasteiger charge is 2.29. The molecule has 0 aliphatic carbocycles. The van der Waals surface area contributed by atoms with Gasteiger partial charge in [-0.3, -0.25) is 4.90 Å². The average Bonchev–Trinajstić information content (AvgIpc) is 3.44. The number of benzene rings is 1. The van der Waals surface area contributed by atoms with Crippen molar-refractivity contribution in [3.8, 4) is 0 Å². The molecule has 1 saturated heterocycles. The second kappa shape index (κ2) is 8.66. The van der Waals surface area contributed by atoms with Crippen molar-refractivity contribution >= 4 is 27.0 Å². The molecule has 2 aromatic heterocycles. The third-order valence-electron chi connectivity index (χ3n) is 5.05. The number of thiophene rings is 1. The van der Waals surface area contributed by atoms with Crippen molar-refractivity contribution in [1.82, 2.24) is 9.62 Å². The van der Waals surface area contributed by atoms with E-state index in [1.807, 2.05) is 17.0 Å². The zero-order valence-electron chi connectivity index (χ0n) is 15.7. The van der Waals surface area contributed by atoms with E-state index in [-0.39, 0.29) is 18.4 Å². The lowest BCUT2D eigenvalue weighted by Crippen LogP contribution is -2.50. The predicted molar refractivity (Wildman–Crippen MR) is 111 cm³/mol. The highest BCUT2D eigenvalue weighted by molar-refractivity contribution is 7.91. The summed E-state index contributed by atoms with van der Waals surface area (Å²) in [6, 6.07) is 13.5. The minimum Gasteiger partial charge on any atom is -0.468 e. The third kappa shape index (κ3) is 4.53. The summed E-state index contributed by atoms with van der Waals surface area (Å²) in [6.45, 7) is 2.83. The van der Waals surface area contributed by atoms with Gasteiger partial charge < -0.3 is 9.32 Å². The van der Waals surface area contributed by atoms with E-state index in [0.29, 0.717) is 41.8 Å². The van der Waals surface area contributed by atoms with E-state index in [1.54, 1.807) is 42.0 Å². The molecule has 154 valence electrons. The van der Waals surface area contributed by atoms with Gasteiger partial charge in [-0.05, 0) is 35.7 Å². The molecule has 0 unspecified atom stereocenters. The maximum absolute atomic E-state index is 14.1. The lowest BCUT2D eigenvalue weighted by atomic mass is 10.1. The quantitative estimate of drug-likeness (QED) is 0.617. The van der Waals surface area contributed by atoms with Crippen molar-refractivity contribution in [1.29, 1.82) is 0 Å². The molecular weight excluding hydrogens is 413 g/mol. The molecule has 9 heteroatoms. The molecule has 1 aliphatic heterocycles. The Labute approximate surface area is 173 Å². The third-order valence-corrected chi connectivity index (χ3v) is 7.87. The highest BCUT2D eigenvalue weighted by atomic mass is 32.2. The van der Waals surface area contributed by atoms with Gasteiger partial charge in [-0.1, -0.05) is 18.2 Å². The first-order valence-electron chi connectivity index (χ1n) is 9.35. The zero-order valence-corrected chi connectivity index (χ0v) is 17.3. The Hall–Kier alpha value is -2.20. The number of rotatable bonds is 7. The van der Waals surface area contributed by atoms with Crippen molar-refractivity contribution in [2.75, 3.05) is 37.6 Å². The van der Waals surface area contributed by atoms with E-state index in [0.717, 1.165) is 0 Å². The van der Waals surface area contributed by atoms with Gasteiger partial charge >= 0.3 is 0 Å². The van der Waals surface area contributed by atoms with Crippen LogP contribution in [0.15, 0.2) is 68.8 Å². The molecule has 0 spiro atoms. The standard InChI is InChI=1S/C20H22FN3O3S2/c21-16-5-1-2-6-17(16)23-9-11-24(12-10-23)18(19-7-3-13-27-19)15-22-29(25,26)20-8-4-14-28-20/h1-8,13-14,18,22H,9-12,15H2/t18-/m0/s1. The number of hydrogen-bond donors (Lipinski definition) is 1. The summed E-state index contributed by atoms with van der Waals surface area (Å²) in [6.07, 6.45) is 1.59. The van der Waals surface area contributed by atoms with E-state index in [4.69, 9.17) is 4.42 Å². The largest absolute Gasteiger partial charge is 0.468 e. The Morgan fingerprint density at radius 2 is 1.86 bits per heavy atom. The van der Waals surface area contributed by atoms with Crippen molar-refractivity contribution in [2.24, 2.45) is 0 Å². The number of furan rings is 1. The van der Waals surface area contributed by atoms with Crippen molar-refractivity contribution in [3.05, 3.63) is 71.8 Å². The van der Waals surface area contributed by atoms with Crippen LogP contribution in [0, 0.1) is 5.82 Å². The molecule has 3 heterocycles. The summed E-state index contributed by atoms with van der Waals surface area (Å²) in [4.78, 5) is 4.19. The van der Waals surface area contributed by atoms with Gasteiger partial charge in [-0.15, -0.1) is 11.3 Å². The number of nitrogens with zero attached hydrogens (tertiary/aromatic N) is 2. The van der Waals surface area contributed by atoms with Gasteiger partial charge in [-0.25, -0.2) is 17.5 Å². The van der Waals surface area contributed by atoms with Crippen molar-refractivity contribution < 1.29 is 17.2 Å². The Balaban J connectivity index is 1.45. The van der Waals surface area contributed by atoms with Crippen LogP contribution in [0.2, 0.25) is 0 Å². The van der Waals surface area contributed by atoms with Crippen LogP contribution in [0.4, 0.5) is 10.1 Å². The van der Waals surface area contributed by atoms with Gasteiger partial charge in [0.2, 0.25) is 10.0 Å². The molecule has 1 fully saturated rings. The number of nitrogens with one attached hydrogen (secondary N) is 1. The maximum Gasteiger partial charge on any atom is 0.250 e. The summed E-state index contributed by atoms with van der Waals surface area (Å²) in [7, 11) is -3.56. The summed E-state index contributed by atoms with van der Waals surface area (Å²) < 4.78 is 47.7. The number of piperazine rings is 1. The van der Waals surface area contributed by atoms with E-state index in [1.165, 1.54) is 17.4 Å². The zero-order chi connectivity index (χ0) is 20.3.